The molecule has 130 valence electrons. The summed E-state index contributed by atoms with van der Waals surface area (Å²) in [4.78, 5) is 36.4. The lowest BCUT2D eigenvalue weighted by Gasteiger charge is -2.31. The molecule has 0 spiro atoms. The van der Waals surface area contributed by atoms with E-state index in [2.05, 4.69) is 9.97 Å². The third-order valence-electron chi connectivity index (χ3n) is 5.29. The number of nitrogens with zero attached hydrogens (tertiary/aromatic N) is 4. The third-order valence-corrected chi connectivity index (χ3v) is 5.29. The van der Waals surface area contributed by atoms with Crippen LogP contribution in [-0.2, 0) is 9.53 Å². The van der Waals surface area contributed by atoms with Crippen LogP contribution in [0.3, 0.4) is 0 Å². The third kappa shape index (κ3) is 3.07. The van der Waals surface area contributed by atoms with Gasteiger partial charge in [-0.05, 0) is 37.7 Å². The molecular weight excluding hydrogens is 308 g/mol. The SMILES string of the molecule is COC(=O)c1cc(C)nc(N(C)[C@H]2C[C@H]3CC(=O)N(C)C[C@H]3C2)n1. The fourth-order valence-electron chi connectivity index (χ4n) is 3.89. The second-order valence-electron chi connectivity index (χ2n) is 6.92. The molecule has 3 rings (SSSR count). The highest BCUT2D eigenvalue weighted by molar-refractivity contribution is 5.87. The van der Waals surface area contributed by atoms with Crippen LogP contribution in [0.15, 0.2) is 6.07 Å². The Morgan fingerprint density at radius 2 is 2.04 bits per heavy atom. The smallest absolute Gasteiger partial charge is 0.356 e. The number of aryl methyl sites for hydroxylation is 1. The summed E-state index contributed by atoms with van der Waals surface area (Å²) in [5, 5.41) is 0. The van der Waals surface area contributed by atoms with E-state index in [1.807, 2.05) is 30.8 Å². The van der Waals surface area contributed by atoms with Gasteiger partial charge in [0.2, 0.25) is 11.9 Å². The first-order valence-corrected chi connectivity index (χ1v) is 8.29. The van der Waals surface area contributed by atoms with Crippen LogP contribution in [0.1, 0.15) is 35.4 Å². The zero-order chi connectivity index (χ0) is 17.4. The van der Waals surface area contributed by atoms with Crippen molar-refractivity contribution in [3.8, 4) is 0 Å². The minimum Gasteiger partial charge on any atom is -0.464 e. The van der Waals surface area contributed by atoms with Gasteiger partial charge in [0.1, 0.15) is 0 Å². The lowest BCUT2D eigenvalue weighted by atomic mass is 9.88. The summed E-state index contributed by atoms with van der Waals surface area (Å²) in [5.41, 5.74) is 1.01. The monoisotopic (exact) mass is 332 g/mol. The van der Waals surface area contributed by atoms with E-state index < -0.39 is 5.97 Å². The highest BCUT2D eigenvalue weighted by atomic mass is 16.5. The van der Waals surface area contributed by atoms with Crippen LogP contribution in [-0.4, -0.2) is 60.5 Å². The topological polar surface area (TPSA) is 75.6 Å². The fourth-order valence-corrected chi connectivity index (χ4v) is 3.89. The van der Waals surface area contributed by atoms with Gasteiger partial charge >= 0.3 is 5.97 Å². The number of piperidine rings is 1. The maximum absolute atomic E-state index is 11.9. The number of carbonyl (C=O) groups excluding carboxylic acids is 2. The molecule has 0 radical (unpaired) electrons. The fraction of sp³-hybridized carbons (Fsp3) is 0.647. The van der Waals surface area contributed by atoms with Gasteiger partial charge in [-0.3, -0.25) is 4.79 Å². The molecule has 1 aliphatic carbocycles. The zero-order valence-electron chi connectivity index (χ0n) is 14.7. The van der Waals surface area contributed by atoms with E-state index in [9.17, 15) is 9.59 Å². The second kappa shape index (κ2) is 6.37. The summed E-state index contributed by atoms with van der Waals surface area (Å²) in [5.74, 6) is 1.29. The van der Waals surface area contributed by atoms with Crippen LogP contribution in [0, 0.1) is 18.8 Å². The van der Waals surface area contributed by atoms with Crippen LogP contribution in [0.5, 0.6) is 0 Å². The van der Waals surface area contributed by atoms with E-state index in [0.717, 1.165) is 25.1 Å². The first kappa shape index (κ1) is 16.7. The van der Waals surface area contributed by atoms with Crippen molar-refractivity contribution in [2.24, 2.45) is 11.8 Å². The van der Waals surface area contributed by atoms with E-state index in [-0.39, 0.29) is 17.6 Å². The maximum Gasteiger partial charge on any atom is 0.356 e. The molecule has 0 unspecified atom stereocenters. The van der Waals surface area contributed by atoms with Crippen molar-refractivity contribution in [1.82, 2.24) is 14.9 Å². The predicted molar refractivity (Wildman–Crippen MR) is 88.8 cm³/mol. The summed E-state index contributed by atoms with van der Waals surface area (Å²) >= 11 is 0. The molecule has 1 aliphatic heterocycles. The molecule has 2 fully saturated rings. The summed E-state index contributed by atoms with van der Waals surface area (Å²) < 4.78 is 4.76. The van der Waals surface area contributed by atoms with Crippen LogP contribution in [0.2, 0.25) is 0 Å². The van der Waals surface area contributed by atoms with Crippen LogP contribution < -0.4 is 4.90 Å². The van der Waals surface area contributed by atoms with E-state index in [1.54, 1.807) is 6.07 Å². The lowest BCUT2D eigenvalue weighted by molar-refractivity contribution is -0.134. The Labute approximate surface area is 142 Å². The van der Waals surface area contributed by atoms with E-state index in [1.165, 1.54) is 7.11 Å². The second-order valence-corrected chi connectivity index (χ2v) is 6.92. The van der Waals surface area contributed by atoms with Gasteiger partial charge in [-0.1, -0.05) is 0 Å². The molecule has 7 nitrogen and oxygen atoms in total. The van der Waals surface area contributed by atoms with Gasteiger partial charge in [0, 0.05) is 38.8 Å². The number of carbonyl (C=O) groups is 2. The van der Waals surface area contributed by atoms with Crippen molar-refractivity contribution in [3.05, 3.63) is 17.5 Å². The molecule has 1 aromatic rings. The molecule has 7 heteroatoms. The Balaban J connectivity index is 1.78. The van der Waals surface area contributed by atoms with Crippen LogP contribution in [0.4, 0.5) is 5.95 Å². The Morgan fingerprint density at radius 1 is 1.33 bits per heavy atom. The minimum absolute atomic E-state index is 0.235. The molecule has 2 heterocycles. The Morgan fingerprint density at radius 3 is 2.75 bits per heavy atom. The maximum atomic E-state index is 11.9. The molecule has 2 aliphatic rings. The molecule has 0 aromatic carbocycles. The van der Waals surface area contributed by atoms with Gasteiger partial charge in [0.15, 0.2) is 5.69 Å². The minimum atomic E-state index is -0.456. The van der Waals surface area contributed by atoms with Crippen LogP contribution in [0.25, 0.3) is 0 Å². The molecule has 3 atom stereocenters. The Hall–Kier alpha value is -2.18. The van der Waals surface area contributed by atoms with E-state index >= 15 is 0 Å². The van der Waals surface area contributed by atoms with E-state index in [0.29, 0.717) is 24.2 Å². The molecule has 0 N–H and O–H groups in total. The number of hydrogen-bond acceptors (Lipinski definition) is 6. The zero-order valence-corrected chi connectivity index (χ0v) is 14.7. The molecule has 1 amide bonds. The summed E-state index contributed by atoms with van der Waals surface area (Å²) in [6.07, 6.45) is 2.61. The van der Waals surface area contributed by atoms with E-state index in [4.69, 9.17) is 4.74 Å². The molecule has 24 heavy (non-hydrogen) atoms. The number of ether oxygens (including phenoxy) is 1. The highest BCUT2D eigenvalue weighted by Gasteiger charge is 2.42. The number of methoxy groups -OCH3 is 1. The van der Waals surface area contributed by atoms with Crippen molar-refractivity contribution in [3.63, 3.8) is 0 Å². The quantitative estimate of drug-likeness (QED) is 0.776. The predicted octanol–water partition coefficient (Wildman–Crippen LogP) is 1.26. The van der Waals surface area contributed by atoms with Gasteiger partial charge in [-0.2, -0.15) is 0 Å². The first-order chi connectivity index (χ1) is 11.4. The summed E-state index contributed by atoms with van der Waals surface area (Å²) in [6.45, 7) is 2.67. The van der Waals surface area contributed by atoms with Gasteiger partial charge in [0.05, 0.1) is 7.11 Å². The summed E-state index contributed by atoms with van der Waals surface area (Å²) in [6, 6.07) is 1.91. The average molecular weight is 332 g/mol. The van der Waals surface area contributed by atoms with Crippen molar-refractivity contribution in [1.29, 1.82) is 0 Å². The summed E-state index contributed by atoms with van der Waals surface area (Å²) in [7, 11) is 5.18. The van der Waals surface area contributed by atoms with Crippen molar-refractivity contribution in [2.75, 3.05) is 32.6 Å². The number of esters is 1. The standard InChI is InChI=1S/C17H24N4O3/c1-10-5-14(16(23)24-4)19-17(18-10)21(3)13-6-11-8-15(22)20(2)9-12(11)7-13/h5,11-13H,6-9H2,1-4H3/t11-,12+,13-/m0/s1. The van der Waals surface area contributed by atoms with Crippen LogP contribution >= 0.6 is 0 Å². The Bertz CT molecular complexity index is 663. The van der Waals surface area contributed by atoms with Gasteiger partial charge in [-0.15, -0.1) is 0 Å². The number of hydrogen-bond donors (Lipinski definition) is 0. The first-order valence-electron chi connectivity index (χ1n) is 8.29. The molecule has 1 aromatic heterocycles. The molecule has 1 saturated heterocycles. The number of aromatic nitrogens is 2. The Kier molecular flexibility index (Phi) is 4.43. The van der Waals surface area contributed by atoms with Gasteiger partial charge in [0.25, 0.3) is 0 Å². The highest BCUT2D eigenvalue weighted by Crippen LogP contribution is 2.40. The van der Waals surface area contributed by atoms with Gasteiger partial charge < -0.3 is 14.5 Å². The number of anilines is 1. The number of fused-ring (bicyclic) bond motifs is 1. The largest absolute Gasteiger partial charge is 0.464 e. The molecule has 0 bridgehead atoms. The normalized spacial score (nSPS) is 26.2. The number of amides is 1. The molecular formula is C17H24N4O3. The average Bonchev–Trinajstić information content (AvgIpc) is 2.95. The van der Waals surface area contributed by atoms with Crippen molar-refractivity contribution < 1.29 is 14.3 Å². The number of likely N-dealkylation sites (tertiary alicyclic amines) is 1. The molecule has 1 saturated carbocycles. The van der Waals surface area contributed by atoms with Crippen molar-refractivity contribution in [2.45, 2.75) is 32.2 Å². The lowest BCUT2D eigenvalue weighted by Crippen LogP contribution is -2.39. The number of rotatable bonds is 3. The van der Waals surface area contributed by atoms with Gasteiger partial charge in [-0.25, -0.2) is 14.8 Å². The van der Waals surface area contributed by atoms with Crippen molar-refractivity contribution >= 4 is 17.8 Å².